The summed E-state index contributed by atoms with van der Waals surface area (Å²) in [5.74, 6) is 0.850. The van der Waals surface area contributed by atoms with E-state index in [-0.39, 0.29) is 6.10 Å². The highest BCUT2D eigenvalue weighted by Gasteiger charge is 2.05. The average Bonchev–Trinajstić information content (AvgIpc) is 2.50. The predicted octanol–water partition coefficient (Wildman–Crippen LogP) is 3.45. The highest BCUT2D eigenvalue weighted by molar-refractivity contribution is 5.48. The third-order valence-corrected chi connectivity index (χ3v) is 3.24. The van der Waals surface area contributed by atoms with Gasteiger partial charge in [0.05, 0.1) is 18.8 Å². The van der Waals surface area contributed by atoms with Gasteiger partial charge in [-0.25, -0.2) is 0 Å². The lowest BCUT2D eigenvalue weighted by molar-refractivity contribution is 0.0421. The van der Waals surface area contributed by atoms with E-state index in [2.05, 4.69) is 26.1 Å². The van der Waals surface area contributed by atoms with Crippen molar-refractivity contribution in [3.63, 3.8) is 0 Å². The Hall–Kier alpha value is -1.26. The lowest BCUT2D eigenvalue weighted by Crippen LogP contribution is -2.25. The van der Waals surface area contributed by atoms with Crippen molar-refractivity contribution in [3.05, 3.63) is 24.3 Å². The summed E-state index contributed by atoms with van der Waals surface area (Å²) in [6, 6.07) is 7.82. The van der Waals surface area contributed by atoms with Crippen molar-refractivity contribution < 1.29 is 14.6 Å². The molecule has 1 aromatic rings. The fraction of sp³-hybridized carbons (Fsp3) is 0.647. The highest BCUT2D eigenvalue weighted by Crippen LogP contribution is 2.19. The summed E-state index contributed by atoms with van der Waals surface area (Å²) in [6.45, 7) is 7.83. The van der Waals surface area contributed by atoms with Crippen LogP contribution in [0.1, 0.15) is 40.0 Å². The first-order valence-electron chi connectivity index (χ1n) is 7.92. The molecule has 0 aliphatic heterocycles. The fourth-order valence-corrected chi connectivity index (χ4v) is 1.76. The molecule has 0 saturated carbocycles. The molecule has 21 heavy (non-hydrogen) atoms. The van der Waals surface area contributed by atoms with Crippen molar-refractivity contribution in [3.8, 4) is 5.75 Å². The van der Waals surface area contributed by atoms with Gasteiger partial charge in [0, 0.05) is 24.9 Å². The van der Waals surface area contributed by atoms with Gasteiger partial charge in [0.15, 0.2) is 0 Å². The fourth-order valence-electron chi connectivity index (χ4n) is 1.76. The van der Waals surface area contributed by atoms with Crippen LogP contribution in [0.3, 0.4) is 0 Å². The molecule has 0 aromatic heterocycles. The van der Waals surface area contributed by atoms with E-state index in [1.54, 1.807) is 0 Å². The van der Waals surface area contributed by atoms with Gasteiger partial charge in [0.1, 0.15) is 5.75 Å². The maximum absolute atomic E-state index is 9.84. The molecule has 4 heteroatoms. The number of unbranched alkanes of at least 4 members (excludes halogenated alkanes) is 1. The van der Waals surface area contributed by atoms with E-state index in [9.17, 15) is 5.11 Å². The SMILES string of the molecule is CCCCOCC(O)CNc1cccc(OC(C)CC)c1. The monoisotopic (exact) mass is 295 g/mol. The van der Waals surface area contributed by atoms with Crippen LogP contribution in [0, 0.1) is 0 Å². The molecule has 0 aliphatic carbocycles. The summed E-state index contributed by atoms with van der Waals surface area (Å²) in [6.07, 6.45) is 2.83. The van der Waals surface area contributed by atoms with Gasteiger partial charge in [-0.15, -0.1) is 0 Å². The molecule has 0 fully saturated rings. The third kappa shape index (κ3) is 7.93. The zero-order valence-corrected chi connectivity index (χ0v) is 13.5. The maximum Gasteiger partial charge on any atom is 0.121 e. The summed E-state index contributed by atoms with van der Waals surface area (Å²) in [7, 11) is 0. The van der Waals surface area contributed by atoms with Crippen LogP contribution in [0.25, 0.3) is 0 Å². The first-order valence-corrected chi connectivity index (χ1v) is 7.92. The van der Waals surface area contributed by atoms with E-state index in [4.69, 9.17) is 9.47 Å². The van der Waals surface area contributed by atoms with E-state index in [0.29, 0.717) is 19.8 Å². The number of anilines is 1. The molecule has 120 valence electrons. The molecule has 4 nitrogen and oxygen atoms in total. The van der Waals surface area contributed by atoms with E-state index in [0.717, 1.165) is 30.7 Å². The Bertz CT molecular complexity index is 384. The van der Waals surface area contributed by atoms with Crippen LogP contribution in [-0.2, 0) is 4.74 Å². The minimum absolute atomic E-state index is 0.206. The quantitative estimate of drug-likeness (QED) is 0.614. The molecule has 2 N–H and O–H groups in total. The summed E-state index contributed by atoms with van der Waals surface area (Å²) in [4.78, 5) is 0. The van der Waals surface area contributed by atoms with Crippen LogP contribution in [0.15, 0.2) is 24.3 Å². The van der Waals surface area contributed by atoms with Gasteiger partial charge in [-0.1, -0.05) is 26.3 Å². The number of rotatable bonds is 11. The van der Waals surface area contributed by atoms with Crippen molar-refractivity contribution in [2.75, 3.05) is 25.1 Å². The Morgan fingerprint density at radius 1 is 1.29 bits per heavy atom. The maximum atomic E-state index is 9.84. The Kier molecular flexibility index (Phi) is 8.87. The lowest BCUT2D eigenvalue weighted by atomic mass is 10.2. The number of benzene rings is 1. The molecule has 0 bridgehead atoms. The van der Waals surface area contributed by atoms with Crippen molar-refractivity contribution >= 4 is 5.69 Å². The van der Waals surface area contributed by atoms with E-state index < -0.39 is 6.10 Å². The van der Waals surface area contributed by atoms with Crippen LogP contribution in [-0.4, -0.2) is 37.1 Å². The number of nitrogens with one attached hydrogen (secondary N) is 1. The molecule has 0 saturated heterocycles. The van der Waals surface area contributed by atoms with Gasteiger partial charge in [-0.05, 0) is 31.9 Å². The number of hydrogen-bond donors (Lipinski definition) is 2. The third-order valence-electron chi connectivity index (χ3n) is 3.24. The van der Waals surface area contributed by atoms with Crippen LogP contribution >= 0.6 is 0 Å². The molecule has 0 spiro atoms. The van der Waals surface area contributed by atoms with E-state index >= 15 is 0 Å². The minimum atomic E-state index is -0.499. The molecule has 2 atom stereocenters. The van der Waals surface area contributed by atoms with Crippen LogP contribution in [0.2, 0.25) is 0 Å². The van der Waals surface area contributed by atoms with Crippen LogP contribution in [0.5, 0.6) is 5.75 Å². The molecule has 1 rings (SSSR count). The van der Waals surface area contributed by atoms with Gasteiger partial charge in [-0.3, -0.25) is 0 Å². The molecular weight excluding hydrogens is 266 g/mol. The molecular formula is C17H29NO3. The first-order chi connectivity index (χ1) is 10.2. The van der Waals surface area contributed by atoms with E-state index in [1.165, 1.54) is 0 Å². The molecule has 2 unspecified atom stereocenters. The standard InChI is InChI=1S/C17H29NO3/c1-4-6-10-20-13-16(19)12-18-15-8-7-9-17(11-15)21-14(3)5-2/h7-9,11,14,16,18-19H,4-6,10,12-13H2,1-3H3. The lowest BCUT2D eigenvalue weighted by Gasteiger charge is -2.15. The molecule has 0 radical (unpaired) electrons. The smallest absolute Gasteiger partial charge is 0.121 e. The number of hydrogen-bond acceptors (Lipinski definition) is 4. The van der Waals surface area contributed by atoms with Gasteiger partial charge in [0.25, 0.3) is 0 Å². The minimum Gasteiger partial charge on any atom is -0.491 e. The van der Waals surface area contributed by atoms with E-state index in [1.807, 2.05) is 24.3 Å². The normalized spacial score (nSPS) is 13.7. The first kappa shape index (κ1) is 17.8. The Balaban J connectivity index is 2.32. The topological polar surface area (TPSA) is 50.7 Å². The molecule has 0 aliphatic rings. The Morgan fingerprint density at radius 2 is 2.10 bits per heavy atom. The summed E-state index contributed by atoms with van der Waals surface area (Å²) < 4.78 is 11.2. The van der Waals surface area contributed by atoms with Gasteiger partial charge >= 0.3 is 0 Å². The van der Waals surface area contributed by atoms with Crippen molar-refractivity contribution in [2.24, 2.45) is 0 Å². The molecule has 1 aromatic carbocycles. The number of aliphatic hydroxyl groups is 1. The van der Waals surface area contributed by atoms with Gasteiger partial charge in [-0.2, -0.15) is 0 Å². The highest BCUT2D eigenvalue weighted by atomic mass is 16.5. The van der Waals surface area contributed by atoms with Crippen molar-refractivity contribution in [2.45, 2.75) is 52.2 Å². The number of aliphatic hydroxyl groups excluding tert-OH is 1. The van der Waals surface area contributed by atoms with Gasteiger partial charge in [0.2, 0.25) is 0 Å². The predicted molar refractivity (Wildman–Crippen MR) is 87.0 cm³/mol. The average molecular weight is 295 g/mol. The zero-order chi connectivity index (χ0) is 15.5. The largest absolute Gasteiger partial charge is 0.491 e. The summed E-state index contributed by atoms with van der Waals surface area (Å²) in [5, 5.41) is 13.1. The zero-order valence-electron chi connectivity index (χ0n) is 13.5. The Labute approximate surface area is 128 Å². The second-order valence-electron chi connectivity index (χ2n) is 5.33. The summed E-state index contributed by atoms with van der Waals surface area (Å²) >= 11 is 0. The Morgan fingerprint density at radius 3 is 2.81 bits per heavy atom. The van der Waals surface area contributed by atoms with Crippen LogP contribution < -0.4 is 10.1 Å². The second-order valence-corrected chi connectivity index (χ2v) is 5.33. The number of ether oxygens (including phenoxy) is 2. The van der Waals surface area contributed by atoms with Crippen molar-refractivity contribution in [1.29, 1.82) is 0 Å². The molecule has 0 heterocycles. The van der Waals surface area contributed by atoms with Crippen LogP contribution in [0.4, 0.5) is 5.69 Å². The van der Waals surface area contributed by atoms with Crippen molar-refractivity contribution in [1.82, 2.24) is 0 Å². The molecule has 0 amide bonds. The van der Waals surface area contributed by atoms with Gasteiger partial charge < -0.3 is 19.9 Å². The summed E-state index contributed by atoms with van der Waals surface area (Å²) in [5.41, 5.74) is 0.948. The second kappa shape index (κ2) is 10.5.